The quantitative estimate of drug-likeness (QED) is 0.714. The van der Waals surface area contributed by atoms with Crippen molar-refractivity contribution < 1.29 is 9.90 Å². The number of aromatic nitrogens is 1. The molecule has 0 saturated heterocycles. The van der Waals surface area contributed by atoms with E-state index in [9.17, 15) is 4.79 Å². The van der Waals surface area contributed by atoms with Gasteiger partial charge in [0.2, 0.25) is 0 Å². The van der Waals surface area contributed by atoms with Gasteiger partial charge in [-0.2, -0.15) is 0 Å². The van der Waals surface area contributed by atoms with Crippen LogP contribution in [0.1, 0.15) is 37.7 Å². The number of rotatable bonds is 6. The Morgan fingerprint density at radius 1 is 1.17 bits per heavy atom. The van der Waals surface area contributed by atoms with Crippen molar-refractivity contribution >= 4 is 11.6 Å². The highest BCUT2D eigenvalue weighted by molar-refractivity contribution is 5.94. The molecule has 1 heterocycles. The maximum absolute atomic E-state index is 12.2. The second kappa shape index (κ2) is 7.53. The van der Waals surface area contributed by atoms with E-state index in [1.165, 1.54) is 0 Å². The molecule has 130 valence electrons. The van der Waals surface area contributed by atoms with Gasteiger partial charge >= 0.3 is 0 Å². The molecule has 24 heavy (non-hydrogen) atoms. The van der Waals surface area contributed by atoms with Crippen LogP contribution in [0.15, 0.2) is 36.5 Å². The molecule has 0 radical (unpaired) electrons. The molecule has 0 aliphatic rings. The highest BCUT2D eigenvalue weighted by atomic mass is 16.3. The molecule has 1 amide bonds. The standard InChI is InChI=1S/C19H27N3O2/c1-19(2,3)21-16-8-6-14(7-9-16)15-12-17(22(4)13-15)18(24)20-10-5-11-23/h6-9,12-13,21,23H,5,10-11H2,1-4H3,(H,20,24). The van der Waals surface area contributed by atoms with Crippen LogP contribution < -0.4 is 10.6 Å². The number of nitrogens with one attached hydrogen (secondary N) is 2. The van der Waals surface area contributed by atoms with Crippen LogP contribution in [0.5, 0.6) is 0 Å². The Morgan fingerprint density at radius 2 is 1.83 bits per heavy atom. The van der Waals surface area contributed by atoms with Gasteiger partial charge in [0.05, 0.1) is 0 Å². The van der Waals surface area contributed by atoms with Crippen molar-refractivity contribution in [1.29, 1.82) is 0 Å². The lowest BCUT2D eigenvalue weighted by Gasteiger charge is -2.22. The molecule has 0 bridgehead atoms. The number of hydrogen-bond donors (Lipinski definition) is 3. The number of amides is 1. The molecule has 0 spiro atoms. The number of aryl methyl sites for hydroxylation is 1. The zero-order valence-electron chi connectivity index (χ0n) is 14.9. The number of aliphatic hydroxyl groups excluding tert-OH is 1. The van der Waals surface area contributed by atoms with Crippen molar-refractivity contribution in [2.45, 2.75) is 32.7 Å². The normalized spacial score (nSPS) is 11.4. The average molecular weight is 329 g/mol. The van der Waals surface area contributed by atoms with Crippen LogP contribution in [-0.4, -0.2) is 34.3 Å². The predicted octanol–water partition coefficient (Wildman–Crippen LogP) is 3.01. The first-order chi connectivity index (χ1) is 11.3. The number of nitrogens with zero attached hydrogens (tertiary/aromatic N) is 1. The zero-order chi connectivity index (χ0) is 17.7. The second-order valence-corrected chi connectivity index (χ2v) is 7.01. The van der Waals surface area contributed by atoms with Gasteiger partial charge in [-0.25, -0.2) is 0 Å². The average Bonchev–Trinajstić information content (AvgIpc) is 2.88. The predicted molar refractivity (Wildman–Crippen MR) is 98.3 cm³/mol. The Labute approximate surface area is 143 Å². The SMILES string of the molecule is Cn1cc(-c2ccc(NC(C)(C)C)cc2)cc1C(=O)NCCCO. The molecule has 2 aromatic rings. The number of carbonyl (C=O) groups excluding carboxylic acids is 1. The van der Waals surface area contributed by atoms with Gasteiger partial charge in [-0.1, -0.05) is 12.1 Å². The van der Waals surface area contributed by atoms with E-state index in [4.69, 9.17) is 5.11 Å². The van der Waals surface area contributed by atoms with E-state index < -0.39 is 0 Å². The molecule has 0 saturated carbocycles. The number of anilines is 1. The highest BCUT2D eigenvalue weighted by Crippen LogP contribution is 2.24. The first-order valence-corrected chi connectivity index (χ1v) is 8.24. The Kier molecular flexibility index (Phi) is 5.67. The molecule has 0 aliphatic heterocycles. The molecule has 0 aliphatic carbocycles. The molecular formula is C19H27N3O2. The third-order valence-corrected chi connectivity index (χ3v) is 3.60. The van der Waals surface area contributed by atoms with E-state index >= 15 is 0 Å². The van der Waals surface area contributed by atoms with E-state index in [1.54, 1.807) is 0 Å². The van der Waals surface area contributed by atoms with Crippen molar-refractivity contribution in [3.8, 4) is 11.1 Å². The minimum absolute atomic E-state index is 0.0219. The van der Waals surface area contributed by atoms with Crippen LogP contribution >= 0.6 is 0 Å². The fraction of sp³-hybridized carbons (Fsp3) is 0.421. The van der Waals surface area contributed by atoms with Gasteiger partial charge in [-0.3, -0.25) is 4.79 Å². The largest absolute Gasteiger partial charge is 0.396 e. The van der Waals surface area contributed by atoms with E-state index in [1.807, 2.05) is 23.9 Å². The maximum atomic E-state index is 12.2. The van der Waals surface area contributed by atoms with Gasteiger partial charge in [0.25, 0.3) is 5.91 Å². The minimum Gasteiger partial charge on any atom is -0.396 e. The first-order valence-electron chi connectivity index (χ1n) is 8.24. The molecular weight excluding hydrogens is 302 g/mol. The number of carbonyl (C=O) groups is 1. The van der Waals surface area contributed by atoms with Gasteiger partial charge in [0.1, 0.15) is 5.69 Å². The molecule has 0 fully saturated rings. The first kappa shape index (κ1) is 18.1. The van der Waals surface area contributed by atoms with E-state index in [-0.39, 0.29) is 18.1 Å². The van der Waals surface area contributed by atoms with E-state index in [2.05, 4.69) is 55.7 Å². The Hall–Kier alpha value is -2.27. The fourth-order valence-corrected chi connectivity index (χ4v) is 2.50. The second-order valence-electron chi connectivity index (χ2n) is 7.01. The van der Waals surface area contributed by atoms with E-state index in [0.29, 0.717) is 18.7 Å². The maximum Gasteiger partial charge on any atom is 0.267 e. The molecule has 0 unspecified atom stereocenters. The van der Waals surface area contributed by atoms with Crippen molar-refractivity contribution in [2.75, 3.05) is 18.5 Å². The summed E-state index contributed by atoms with van der Waals surface area (Å²) >= 11 is 0. The molecule has 0 atom stereocenters. The summed E-state index contributed by atoms with van der Waals surface area (Å²) in [7, 11) is 1.86. The lowest BCUT2D eigenvalue weighted by Crippen LogP contribution is -2.26. The molecule has 2 rings (SSSR count). The molecule has 1 aromatic carbocycles. The van der Waals surface area contributed by atoms with Gasteiger partial charge in [-0.05, 0) is 51.0 Å². The minimum atomic E-state index is -0.122. The third kappa shape index (κ3) is 4.86. The van der Waals surface area contributed by atoms with Gasteiger partial charge in [0.15, 0.2) is 0 Å². The monoisotopic (exact) mass is 329 g/mol. The van der Waals surface area contributed by atoms with Crippen LogP contribution in [0.3, 0.4) is 0 Å². The van der Waals surface area contributed by atoms with Crippen molar-refractivity contribution in [2.24, 2.45) is 7.05 Å². The van der Waals surface area contributed by atoms with Crippen LogP contribution in [0.4, 0.5) is 5.69 Å². The van der Waals surface area contributed by atoms with Crippen LogP contribution in [-0.2, 0) is 7.05 Å². The summed E-state index contributed by atoms with van der Waals surface area (Å²) in [4.78, 5) is 12.2. The molecule has 5 nitrogen and oxygen atoms in total. The summed E-state index contributed by atoms with van der Waals surface area (Å²) in [5.74, 6) is -0.122. The fourth-order valence-electron chi connectivity index (χ4n) is 2.50. The van der Waals surface area contributed by atoms with Crippen LogP contribution in [0.25, 0.3) is 11.1 Å². The van der Waals surface area contributed by atoms with Crippen molar-refractivity contribution in [3.63, 3.8) is 0 Å². The van der Waals surface area contributed by atoms with Crippen molar-refractivity contribution in [1.82, 2.24) is 9.88 Å². The summed E-state index contributed by atoms with van der Waals surface area (Å²) in [6, 6.07) is 10.1. The van der Waals surface area contributed by atoms with Gasteiger partial charge in [-0.15, -0.1) is 0 Å². The third-order valence-electron chi connectivity index (χ3n) is 3.60. The Bertz CT molecular complexity index is 682. The summed E-state index contributed by atoms with van der Waals surface area (Å²) in [5.41, 5.74) is 3.78. The Balaban J connectivity index is 2.12. The summed E-state index contributed by atoms with van der Waals surface area (Å²) < 4.78 is 1.82. The lowest BCUT2D eigenvalue weighted by molar-refractivity contribution is 0.0943. The molecule has 1 aromatic heterocycles. The van der Waals surface area contributed by atoms with Gasteiger partial charge in [0, 0.05) is 43.2 Å². The summed E-state index contributed by atoms with van der Waals surface area (Å²) in [5, 5.41) is 15.0. The van der Waals surface area contributed by atoms with Crippen LogP contribution in [0, 0.1) is 0 Å². The summed E-state index contributed by atoms with van der Waals surface area (Å²) in [6.45, 7) is 6.93. The number of benzene rings is 1. The number of aliphatic hydroxyl groups is 1. The zero-order valence-corrected chi connectivity index (χ0v) is 14.9. The van der Waals surface area contributed by atoms with E-state index in [0.717, 1.165) is 16.8 Å². The lowest BCUT2D eigenvalue weighted by atomic mass is 10.1. The summed E-state index contributed by atoms with van der Waals surface area (Å²) in [6.07, 6.45) is 2.51. The van der Waals surface area contributed by atoms with Crippen molar-refractivity contribution in [3.05, 3.63) is 42.2 Å². The number of hydrogen-bond acceptors (Lipinski definition) is 3. The highest BCUT2D eigenvalue weighted by Gasteiger charge is 2.13. The molecule has 5 heteroatoms. The van der Waals surface area contributed by atoms with Crippen LogP contribution in [0.2, 0.25) is 0 Å². The topological polar surface area (TPSA) is 66.3 Å². The Morgan fingerprint density at radius 3 is 2.42 bits per heavy atom. The van der Waals surface area contributed by atoms with Gasteiger partial charge < -0.3 is 20.3 Å². The smallest absolute Gasteiger partial charge is 0.267 e. The molecule has 3 N–H and O–H groups in total.